The van der Waals surface area contributed by atoms with Crippen molar-refractivity contribution in [1.29, 1.82) is 0 Å². The van der Waals surface area contributed by atoms with Crippen LogP contribution in [0.3, 0.4) is 0 Å². The van der Waals surface area contributed by atoms with Gasteiger partial charge in [-0.1, -0.05) is 65.8 Å². The molecule has 0 bridgehead atoms. The van der Waals surface area contributed by atoms with Crippen molar-refractivity contribution >= 4 is 34.7 Å². The fourth-order valence-electron chi connectivity index (χ4n) is 3.21. The van der Waals surface area contributed by atoms with Gasteiger partial charge in [0.25, 0.3) is 0 Å². The Morgan fingerprint density at radius 3 is 2.68 bits per heavy atom. The molecule has 5 nitrogen and oxygen atoms in total. The molecule has 4 aromatic rings. The van der Waals surface area contributed by atoms with E-state index in [9.17, 15) is 0 Å². The van der Waals surface area contributed by atoms with Gasteiger partial charge >= 0.3 is 0 Å². The van der Waals surface area contributed by atoms with Gasteiger partial charge < -0.3 is 9.30 Å². The van der Waals surface area contributed by atoms with Gasteiger partial charge in [-0.15, -0.1) is 21.5 Å². The number of methoxy groups -OCH3 is 1. The fourth-order valence-corrected chi connectivity index (χ4v) is 5.22. The third-order valence-electron chi connectivity index (χ3n) is 4.71. The highest BCUT2D eigenvalue weighted by Gasteiger charge is 2.17. The smallest absolute Gasteiger partial charge is 0.191 e. The number of rotatable bonds is 10. The Bertz CT molecular complexity index is 1110. The maximum atomic E-state index is 6.42. The van der Waals surface area contributed by atoms with Crippen molar-refractivity contribution in [3.05, 3.63) is 81.3 Å². The molecule has 160 valence electrons. The second-order valence-electron chi connectivity index (χ2n) is 6.97. The quantitative estimate of drug-likeness (QED) is 0.211. The van der Waals surface area contributed by atoms with Crippen LogP contribution >= 0.6 is 34.7 Å². The number of aromatic nitrogens is 4. The highest BCUT2D eigenvalue weighted by molar-refractivity contribution is 7.98. The van der Waals surface area contributed by atoms with Crippen molar-refractivity contribution in [1.82, 2.24) is 19.7 Å². The highest BCUT2D eigenvalue weighted by Crippen LogP contribution is 2.31. The van der Waals surface area contributed by atoms with Crippen molar-refractivity contribution in [3.8, 4) is 11.4 Å². The second kappa shape index (κ2) is 10.9. The Labute approximate surface area is 195 Å². The summed E-state index contributed by atoms with van der Waals surface area (Å²) in [5.74, 6) is 1.53. The second-order valence-corrected chi connectivity index (χ2v) is 9.26. The average Bonchev–Trinajstić information content (AvgIpc) is 3.40. The lowest BCUT2D eigenvalue weighted by molar-refractivity contribution is 0.189. The van der Waals surface area contributed by atoms with E-state index in [1.165, 1.54) is 5.56 Å². The van der Waals surface area contributed by atoms with Crippen LogP contribution < -0.4 is 0 Å². The summed E-state index contributed by atoms with van der Waals surface area (Å²) in [6.45, 7) is 1.44. The van der Waals surface area contributed by atoms with Crippen LogP contribution in [0.4, 0.5) is 0 Å². The van der Waals surface area contributed by atoms with Gasteiger partial charge in [0.15, 0.2) is 11.0 Å². The van der Waals surface area contributed by atoms with Crippen LogP contribution in [0.25, 0.3) is 11.4 Å². The summed E-state index contributed by atoms with van der Waals surface area (Å²) in [6.07, 6.45) is 1.73. The van der Waals surface area contributed by atoms with Crippen LogP contribution in [-0.2, 0) is 23.5 Å². The molecule has 8 heteroatoms. The third kappa shape index (κ3) is 5.74. The van der Waals surface area contributed by atoms with Gasteiger partial charge in [-0.3, -0.25) is 0 Å². The lowest BCUT2D eigenvalue weighted by Gasteiger charge is -2.10. The van der Waals surface area contributed by atoms with Crippen LogP contribution in [-0.4, -0.2) is 33.5 Å². The maximum absolute atomic E-state index is 6.42. The molecule has 2 aromatic carbocycles. The lowest BCUT2D eigenvalue weighted by atomic mass is 10.2. The van der Waals surface area contributed by atoms with Crippen molar-refractivity contribution in [2.75, 3.05) is 13.7 Å². The predicted molar refractivity (Wildman–Crippen MR) is 128 cm³/mol. The molecule has 0 aliphatic heterocycles. The Hall–Kier alpha value is -2.19. The number of benzene rings is 2. The molecule has 2 heterocycles. The summed E-state index contributed by atoms with van der Waals surface area (Å²) in [4.78, 5) is 4.80. The minimum absolute atomic E-state index is 0.671. The van der Waals surface area contributed by atoms with E-state index in [0.29, 0.717) is 11.6 Å². The summed E-state index contributed by atoms with van der Waals surface area (Å²) < 4.78 is 7.36. The summed E-state index contributed by atoms with van der Waals surface area (Å²) in [5, 5.41) is 13.7. The summed E-state index contributed by atoms with van der Waals surface area (Å²) >= 11 is 9.77. The van der Waals surface area contributed by atoms with E-state index in [0.717, 1.165) is 52.4 Å². The predicted octanol–water partition coefficient (Wildman–Crippen LogP) is 5.97. The number of thiazole rings is 1. The normalized spacial score (nSPS) is 11.2. The Morgan fingerprint density at radius 1 is 1.06 bits per heavy atom. The van der Waals surface area contributed by atoms with Crippen LogP contribution in [0.2, 0.25) is 5.02 Å². The number of hydrogen-bond donors (Lipinski definition) is 0. The van der Waals surface area contributed by atoms with Crippen LogP contribution in [0.15, 0.2) is 65.1 Å². The molecule has 2 aromatic heterocycles. The largest absolute Gasteiger partial charge is 0.385 e. The molecule has 0 saturated heterocycles. The molecular formula is C23H23ClN4OS2. The van der Waals surface area contributed by atoms with E-state index in [4.69, 9.17) is 21.3 Å². The zero-order chi connectivity index (χ0) is 21.5. The number of ether oxygens (including phenoxy) is 1. The van der Waals surface area contributed by atoms with Crippen molar-refractivity contribution in [2.45, 2.75) is 30.3 Å². The molecule has 0 aliphatic rings. The van der Waals surface area contributed by atoms with Crippen molar-refractivity contribution < 1.29 is 4.74 Å². The first kappa shape index (κ1) is 22.0. The van der Waals surface area contributed by atoms with Crippen molar-refractivity contribution in [3.63, 3.8) is 0 Å². The molecule has 0 N–H and O–H groups in total. The molecular weight excluding hydrogens is 448 g/mol. The van der Waals surface area contributed by atoms with Gasteiger partial charge in [0.2, 0.25) is 0 Å². The van der Waals surface area contributed by atoms with Crippen LogP contribution in [0.5, 0.6) is 0 Å². The molecule has 0 atom stereocenters. The van der Waals surface area contributed by atoms with Gasteiger partial charge in [-0.2, -0.15) is 0 Å². The minimum atomic E-state index is 0.671. The Kier molecular flexibility index (Phi) is 7.75. The number of hydrogen-bond acceptors (Lipinski definition) is 6. The van der Waals surface area contributed by atoms with E-state index in [2.05, 4.69) is 44.4 Å². The minimum Gasteiger partial charge on any atom is -0.385 e. The van der Waals surface area contributed by atoms with Crippen LogP contribution in [0, 0.1) is 0 Å². The van der Waals surface area contributed by atoms with Gasteiger partial charge in [0.1, 0.15) is 0 Å². The molecule has 0 fully saturated rings. The molecule has 4 rings (SSSR count). The topological polar surface area (TPSA) is 52.8 Å². The first-order valence-electron chi connectivity index (χ1n) is 10.0. The van der Waals surface area contributed by atoms with Gasteiger partial charge in [-0.25, -0.2) is 4.98 Å². The van der Waals surface area contributed by atoms with E-state index in [1.807, 2.05) is 30.3 Å². The molecule has 0 amide bonds. The summed E-state index contributed by atoms with van der Waals surface area (Å²) in [5.41, 5.74) is 3.23. The van der Waals surface area contributed by atoms with E-state index >= 15 is 0 Å². The molecule has 0 unspecified atom stereocenters. The number of nitrogens with zero attached hydrogens (tertiary/aromatic N) is 4. The highest BCUT2D eigenvalue weighted by atomic mass is 35.5. The Morgan fingerprint density at radius 2 is 1.87 bits per heavy atom. The average molecular weight is 471 g/mol. The van der Waals surface area contributed by atoms with E-state index in [1.54, 1.807) is 30.2 Å². The molecule has 0 radical (unpaired) electrons. The molecule has 0 saturated carbocycles. The SMILES string of the molecule is COCCCn1c(SCc2csc(Cc3ccccc3)n2)nnc1-c1ccccc1Cl. The Balaban J connectivity index is 1.48. The monoisotopic (exact) mass is 470 g/mol. The molecule has 0 aliphatic carbocycles. The van der Waals surface area contributed by atoms with Gasteiger partial charge in [-0.05, 0) is 24.1 Å². The fraction of sp³-hybridized carbons (Fsp3) is 0.261. The molecule has 0 spiro atoms. The molecule has 31 heavy (non-hydrogen) atoms. The van der Waals surface area contributed by atoms with Gasteiger partial charge in [0, 0.05) is 43.4 Å². The van der Waals surface area contributed by atoms with Crippen molar-refractivity contribution in [2.24, 2.45) is 0 Å². The number of thioether (sulfide) groups is 1. The van der Waals surface area contributed by atoms with E-state index in [-0.39, 0.29) is 0 Å². The zero-order valence-electron chi connectivity index (χ0n) is 17.2. The standard InChI is InChI=1S/C23H23ClN4OS2/c1-29-13-7-12-28-22(19-10-5-6-11-20(19)24)26-27-23(28)31-16-18-15-30-21(25-18)14-17-8-3-2-4-9-17/h2-6,8-11,15H,7,12-14,16H2,1H3. The summed E-state index contributed by atoms with van der Waals surface area (Å²) in [6, 6.07) is 18.2. The third-order valence-corrected chi connectivity index (χ3v) is 6.94. The lowest BCUT2D eigenvalue weighted by Crippen LogP contribution is -2.05. The van der Waals surface area contributed by atoms with E-state index < -0.39 is 0 Å². The zero-order valence-corrected chi connectivity index (χ0v) is 19.6. The maximum Gasteiger partial charge on any atom is 0.191 e. The van der Waals surface area contributed by atoms with Gasteiger partial charge in [0.05, 0.1) is 15.7 Å². The first-order valence-corrected chi connectivity index (χ1v) is 12.3. The number of halogens is 1. The summed E-state index contributed by atoms with van der Waals surface area (Å²) in [7, 11) is 1.71. The van der Waals surface area contributed by atoms with Crippen LogP contribution in [0.1, 0.15) is 22.7 Å². The first-order chi connectivity index (χ1) is 15.2.